The number of aryl methyl sites for hydroxylation is 1. The van der Waals surface area contributed by atoms with E-state index in [1.54, 1.807) is 25.9 Å². The first-order valence-corrected chi connectivity index (χ1v) is 8.89. The van der Waals surface area contributed by atoms with E-state index < -0.39 is 6.55 Å². The molecule has 0 spiro atoms. The maximum absolute atomic E-state index is 13.1. The van der Waals surface area contributed by atoms with Gasteiger partial charge in [0.1, 0.15) is 5.75 Å². The summed E-state index contributed by atoms with van der Waals surface area (Å²) in [5, 5.41) is 7.19. The van der Waals surface area contributed by atoms with Gasteiger partial charge in [-0.3, -0.25) is 4.79 Å². The van der Waals surface area contributed by atoms with Crippen molar-refractivity contribution in [2.24, 2.45) is 0 Å². The van der Waals surface area contributed by atoms with Crippen LogP contribution in [0.5, 0.6) is 5.75 Å². The number of hydrogen-bond acceptors (Lipinski definition) is 4. The molecule has 0 bridgehead atoms. The number of halogens is 2. The summed E-state index contributed by atoms with van der Waals surface area (Å²) >= 11 is 0. The predicted molar refractivity (Wildman–Crippen MR) is 97.0 cm³/mol. The van der Waals surface area contributed by atoms with Crippen LogP contribution in [-0.2, 0) is 11.2 Å². The lowest BCUT2D eigenvalue weighted by Crippen LogP contribution is -2.49. The van der Waals surface area contributed by atoms with Crippen molar-refractivity contribution in [3.8, 4) is 5.75 Å². The van der Waals surface area contributed by atoms with Crippen LogP contribution in [0.15, 0.2) is 24.3 Å². The zero-order valence-electron chi connectivity index (χ0n) is 15.7. The van der Waals surface area contributed by atoms with Gasteiger partial charge in [0.25, 0.3) is 0 Å². The van der Waals surface area contributed by atoms with E-state index in [0.717, 1.165) is 11.3 Å². The van der Waals surface area contributed by atoms with Crippen LogP contribution < -0.4 is 10.1 Å². The summed E-state index contributed by atoms with van der Waals surface area (Å²) in [6.45, 7) is 2.36. The number of hydrogen-bond donors (Lipinski definition) is 1. The molecule has 1 saturated heterocycles. The summed E-state index contributed by atoms with van der Waals surface area (Å²) in [6, 6.07) is 7.44. The SMILES string of the molecule is COc1ccccc1C1CNCCN1C(=O)Cc1c(C)nn(C(F)F)c1C. The van der Waals surface area contributed by atoms with Gasteiger partial charge in [-0.1, -0.05) is 18.2 Å². The summed E-state index contributed by atoms with van der Waals surface area (Å²) in [5.41, 5.74) is 2.29. The molecule has 2 aromatic rings. The number of benzene rings is 1. The molecule has 27 heavy (non-hydrogen) atoms. The summed E-state index contributed by atoms with van der Waals surface area (Å²) in [6.07, 6.45) is 0.0516. The fraction of sp³-hybridized carbons (Fsp3) is 0.474. The summed E-state index contributed by atoms with van der Waals surface area (Å²) in [4.78, 5) is 14.9. The van der Waals surface area contributed by atoms with Crippen molar-refractivity contribution >= 4 is 5.91 Å². The maximum Gasteiger partial charge on any atom is 0.333 e. The normalized spacial score (nSPS) is 17.4. The molecule has 3 rings (SSSR count). The lowest BCUT2D eigenvalue weighted by molar-refractivity contribution is -0.133. The molecule has 1 unspecified atom stereocenters. The van der Waals surface area contributed by atoms with Crippen LogP contribution in [0.1, 0.15) is 35.1 Å². The second-order valence-electron chi connectivity index (χ2n) is 6.60. The van der Waals surface area contributed by atoms with E-state index in [9.17, 15) is 13.6 Å². The van der Waals surface area contributed by atoms with Crippen molar-refractivity contribution in [2.45, 2.75) is 32.9 Å². The highest BCUT2D eigenvalue weighted by molar-refractivity contribution is 5.80. The highest BCUT2D eigenvalue weighted by atomic mass is 19.3. The second kappa shape index (κ2) is 8.04. The average Bonchev–Trinajstić information content (AvgIpc) is 2.96. The summed E-state index contributed by atoms with van der Waals surface area (Å²) in [5.74, 6) is 0.620. The monoisotopic (exact) mass is 378 g/mol. The van der Waals surface area contributed by atoms with Crippen molar-refractivity contribution in [1.82, 2.24) is 20.0 Å². The number of ether oxygens (including phenoxy) is 1. The first kappa shape index (κ1) is 19.3. The Morgan fingerprint density at radius 3 is 2.78 bits per heavy atom. The number of carbonyl (C=O) groups is 1. The molecule has 0 saturated carbocycles. The molecule has 1 aromatic carbocycles. The van der Waals surface area contributed by atoms with Crippen LogP contribution >= 0.6 is 0 Å². The van der Waals surface area contributed by atoms with Gasteiger partial charge in [0.15, 0.2) is 0 Å². The van der Waals surface area contributed by atoms with Crippen LogP contribution in [0.25, 0.3) is 0 Å². The van der Waals surface area contributed by atoms with Gasteiger partial charge in [-0.05, 0) is 19.9 Å². The van der Waals surface area contributed by atoms with Crippen LogP contribution in [0.3, 0.4) is 0 Å². The quantitative estimate of drug-likeness (QED) is 0.869. The number of carbonyl (C=O) groups excluding carboxylic acids is 1. The fourth-order valence-electron chi connectivity index (χ4n) is 3.62. The molecule has 1 aromatic heterocycles. The van der Waals surface area contributed by atoms with Gasteiger partial charge in [0, 0.05) is 36.5 Å². The zero-order valence-corrected chi connectivity index (χ0v) is 15.7. The van der Waals surface area contributed by atoms with E-state index in [1.165, 1.54) is 0 Å². The standard InChI is InChI=1S/C19H24F2N4O2/c1-12-15(13(2)25(23-12)19(20)21)10-18(26)24-9-8-22-11-16(24)14-6-4-5-7-17(14)27-3/h4-7,16,19,22H,8-11H2,1-3H3. The van der Waals surface area contributed by atoms with Crippen molar-refractivity contribution in [2.75, 3.05) is 26.7 Å². The van der Waals surface area contributed by atoms with Crippen LogP contribution in [-0.4, -0.2) is 47.3 Å². The van der Waals surface area contributed by atoms with Gasteiger partial charge in [-0.15, -0.1) is 0 Å². The number of piperazine rings is 1. The molecule has 1 amide bonds. The molecule has 1 aliphatic heterocycles. The number of nitrogens with one attached hydrogen (secondary N) is 1. The molecular weight excluding hydrogens is 354 g/mol. The Bertz CT molecular complexity index is 822. The lowest BCUT2D eigenvalue weighted by atomic mass is 10.0. The Morgan fingerprint density at radius 2 is 2.11 bits per heavy atom. The Balaban J connectivity index is 1.86. The highest BCUT2D eigenvalue weighted by Gasteiger charge is 2.31. The minimum atomic E-state index is -2.71. The minimum absolute atomic E-state index is 0.0516. The van der Waals surface area contributed by atoms with Crippen molar-refractivity contribution < 1.29 is 18.3 Å². The van der Waals surface area contributed by atoms with E-state index in [2.05, 4.69) is 10.4 Å². The lowest BCUT2D eigenvalue weighted by Gasteiger charge is -2.37. The third-order valence-electron chi connectivity index (χ3n) is 5.05. The third kappa shape index (κ3) is 3.80. The van der Waals surface area contributed by atoms with E-state index >= 15 is 0 Å². The summed E-state index contributed by atoms with van der Waals surface area (Å²) < 4.78 is 32.3. The number of para-hydroxylation sites is 1. The number of aromatic nitrogens is 2. The van der Waals surface area contributed by atoms with Crippen LogP contribution in [0.4, 0.5) is 8.78 Å². The van der Waals surface area contributed by atoms with Gasteiger partial charge >= 0.3 is 6.55 Å². The topological polar surface area (TPSA) is 59.4 Å². The van der Waals surface area contributed by atoms with Gasteiger partial charge in [-0.25, -0.2) is 4.68 Å². The first-order chi connectivity index (χ1) is 12.9. The number of alkyl halides is 2. The van der Waals surface area contributed by atoms with Gasteiger partial charge in [0.05, 0.1) is 25.3 Å². The highest BCUT2D eigenvalue weighted by Crippen LogP contribution is 2.31. The van der Waals surface area contributed by atoms with Crippen molar-refractivity contribution in [1.29, 1.82) is 0 Å². The van der Waals surface area contributed by atoms with Crippen LogP contribution in [0.2, 0.25) is 0 Å². The largest absolute Gasteiger partial charge is 0.496 e. The molecule has 6 nitrogen and oxygen atoms in total. The van der Waals surface area contributed by atoms with Crippen molar-refractivity contribution in [3.63, 3.8) is 0 Å². The first-order valence-electron chi connectivity index (χ1n) is 8.89. The molecule has 1 atom stereocenters. The number of nitrogens with zero attached hydrogens (tertiary/aromatic N) is 3. The molecule has 146 valence electrons. The minimum Gasteiger partial charge on any atom is -0.496 e. The van der Waals surface area contributed by atoms with Crippen LogP contribution in [0, 0.1) is 13.8 Å². The molecular formula is C19H24F2N4O2. The molecule has 0 aliphatic carbocycles. The molecule has 0 radical (unpaired) electrons. The maximum atomic E-state index is 13.1. The molecule has 1 aliphatic rings. The third-order valence-corrected chi connectivity index (χ3v) is 5.05. The molecule has 1 fully saturated rings. The smallest absolute Gasteiger partial charge is 0.333 e. The predicted octanol–water partition coefficient (Wildman–Crippen LogP) is 2.62. The Morgan fingerprint density at radius 1 is 1.37 bits per heavy atom. The Labute approximate surface area is 157 Å². The number of rotatable bonds is 5. The van der Waals surface area contributed by atoms with Gasteiger partial charge < -0.3 is 15.0 Å². The second-order valence-corrected chi connectivity index (χ2v) is 6.60. The van der Waals surface area contributed by atoms with E-state index in [4.69, 9.17) is 4.74 Å². The zero-order chi connectivity index (χ0) is 19.6. The average molecular weight is 378 g/mol. The van der Waals surface area contributed by atoms with Gasteiger partial charge in [0.2, 0.25) is 5.91 Å². The van der Waals surface area contributed by atoms with E-state index in [0.29, 0.717) is 41.3 Å². The van der Waals surface area contributed by atoms with E-state index in [-0.39, 0.29) is 18.4 Å². The van der Waals surface area contributed by atoms with E-state index in [1.807, 2.05) is 24.3 Å². The Kier molecular flexibility index (Phi) is 5.74. The fourth-order valence-corrected chi connectivity index (χ4v) is 3.62. The number of methoxy groups -OCH3 is 1. The number of amides is 1. The van der Waals surface area contributed by atoms with Gasteiger partial charge in [-0.2, -0.15) is 13.9 Å². The molecule has 8 heteroatoms. The molecule has 1 N–H and O–H groups in total. The Hall–Kier alpha value is -2.48. The van der Waals surface area contributed by atoms with Crippen molar-refractivity contribution in [3.05, 3.63) is 46.8 Å². The molecule has 2 heterocycles. The summed E-state index contributed by atoms with van der Waals surface area (Å²) in [7, 11) is 1.60.